The van der Waals surface area contributed by atoms with Gasteiger partial charge in [0.15, 0.2) is 0 Å². The van der Waals surface area contributed by atoms with Crippen LogP contribution >= 0.6 is 24.0 Å². The molecule has 1 saturated carbocycles. The lowest BCUT2D eigenvalue weighted by Gasteiger charge is -2.36. The number of aromatic nitrogens is 2. The first kappa shape index (κ1) is 22.6. The summed E-state index contributed by atoms with van der Waals surface area (Å²) in [6.45, 7) is 6.18. The van der Waals surface area contributed by atoms with E-state index in [0.717, 1.165) is 38.8 Å². The van der Waals surface area contributed by atoms with Crippen molar-refractivity contribution in [2.45, 2.75) is 58.4 Å². The largest absolute Gasteiger partial charge is 0.355 e. The Morgan fingerprint density at radius 1 is 1.09 bits per heavy atom. The average molecular weight is 483 g/mol. The minimum absolute atomic E-state index is 0.0687. The van der Waals surface area contributed by atoms with E-state index in [9.17, 15) is 9.59 Å². The van der Waals surface area contributed by atoms with Crippen molar-refractivity contribution in [1.82, 2.24) is 14.3 Å². The van der Waals surface area contributed by atoms with Crippen LogP contribution in [-0.4, -0.2) is 43.6 Å². The van der Waals surface area contributed by atoms with Crippen LogP contribution < -0.4 is 10.5 Å². The fourth-order valence-electron chi connectivity index (χ4n) is 5.56. The minimum atomic E-state index is -0.149. The van der Waals surface area contributed by atoms with E-state index in [4.69, 9.17) is 17.2 Å². The van der Waals surface area contributed by atoms with Gasteiger partial charge in [0.25, 0.3) is 11.5 Å². The van der Waals surface area contributed by atoms with E-state index in [-0.39, 0.29) is 17.5 Å². The number of fused-ring (bicyclic) bond motifs is 1. The summed E-state index contributed by atoms with van der Waals surface area (Å²) in [5, 5.41) is 0. The number of hydrogen-bond acceptors (Lipinski definition) is 6. The molecule has 0 radical (unpaired) electrons. The van der Waals surface area contributed by atoms with E-state index in [1.54, 1.807) is 21.6 Å². The Bertz CT molecular complexity index is 1170. The third-order valence-electron chi connectivity index (χ3n) is 6.96. The van der Waals surface area contributed by atoms with Crippen LogP contribution in [0.25, 0.3) is 11.7 Å². The molecule has 1 amide bonds. The summed E-state index contributed by atoms with van der Waals surface area (Å²) in [6, 6.07) is 5.75. The highest BCUT2D eigenvalue weighted by molar-refractivity contribution is 8.26. The standard InChI is InChI=1S/C25H30N4O2S2/c1-16-12-17(2)15-27(14-16)22-19(23(30)28-11-7-6-10-21(28)26-22)13-20-24(31)29(25(32)33-20)18-8-4-3-5-9-18/h6-7,10-11,13,16-18H,3-5,8-9,12,14-15H2,1-2H3/b20-13-. The van der Waals surface area contributed by atoms with Gasteiger partial charge in [-0.25, -0.2) is 4.98 Å². The first-order chi connectivity index (χ1) is 15.9. The van der Waals surface area contributed by atoms with E-state index >= 15 is 0 Å². The van der Waals surface area contributed by atoms with E-state index in [1.165, 1.54) is 24.6 Å². The third kappa shape index (κ3) is 4.35. The summed E-state index contributed by atoms with van der Waals surface area (Å²) < 4.78 is 2.17. The molecule has 0 N–H and O–H groups in total. The van der Waals surface area contributed by atoms with Crippen LogP contribution in [-0.2, 0) is 4.79 Å². The van der Waals surface area contributed by atoms with Crippen LogP contribution in [0.1, 0.15) is 57.9 Å². The summed E-state index contributed by atoms with van der Waals surface area (Å²) in [4.78, 5) is 36.4. The molecule has 4 heterocycles. The van der Waals surface area contributed by atoms with Crippen LogP contribution in [0.3, 0.4) is 0 Å². The zero-order valence-electron chi connectivity index (χ0n) is 19.2. The minimum Gasteiger partial charge on any atom is -0.355 e. The number of carbonyl (C=O) groups excluding carboxylic acids is 1. The predicted molar refractivity (Wildman–Crippen MR) is 139 cm³/mol. The predicted octanol–water partition coefficient (Wildman–Crippen LogP) is 4.71. The molecule has 2 unspecified atom stereocenters. The van der Waals surface area contributed by atoms with Crippen LogP contribution in [0, 0.1) is 11.8 Å². The van der Waals surface area contributed by atoms with Crippen molar-refractivity contribution in [3.63, 3.8) is 0 Å². The number of rotatable bonds is 3. The molecule has 0 aromatic carbocycles. The molecule has 1 aliphatic carbocycles. The van der Waals surface area contributed by atoms with Crippen LogP contribution in [0.2, 0.25) is 0 Å². The normalized spacial score (nSPS) is 26.1. The highest BCUT2D eigenvalue weighted by atomic mass is 32.2. The number of carbonyl (C=O) groups is 1. The molecule has 8 heteroatoms. The zero-order chi connectivity index (χ0) is 23.1. The van der Waals surface area contributed by atoms with E-state index in [2.05, 4.69) is 18.7 Å². The molecule has 2 aliphatic heterocycles. The lowest BCUT2D eigenvalue weighted by Crippen LogP contribution is -2.41. The molecule has 5 rings (SSSR count). The van der Waals surface area contributed by atoms with Gasteiger partial charge in [-0.05, 0) is 49.3 Å². The number of nitrogens with zero attached hydrogens (tertiary/aromatic N) is 4. The van der Waals surface area contributed by atoms with Gasteiger partial charge in [0, 0.05) is 25.3 Å². The first-order valence-electron chi connectivity index (χ1n) is 12.0. The Balaban J connectivity index is 1.59. The number of hydrogen-bond donors (Lipinski definition) is 0. The second kappa shape index (κ2) is 9.22. The SMILES string of the molecule is CC1CC(C)CN(c2nc3ccccn3c(=O)c2/C=C2\SC(=S)N(C3CCCCC3)C2=O)C1. The first-order valence-corrected chi connectivity index (χ1v) is 13.2. The van der Waals surface area contributed by atoms with Crippen molar-refractivity contribution in [3.05, 3.63) is 45.2 Å². The highest BCUT2D eigenvalue weighted by Gasteiger charge is 2.38. The van der Waals surface area contributed by atoms with E-state index in [0.29, 0.717) is 38.1 Å². The van der Waals surface area contributed by atoms with E-state index < -0.39 is 0 Å². The molecular weight excluding hydrogens is 452 g/mol. The molecule has 2 aromatic rings. The molecule has 6 nitrogen and oxygen atoms in total. The molecule has 2 aromatic heterocycles. The Morgan fingerprint density at radius 3 is 2.55 bits per heavy atom. The number of piperidine rings is 1. The van der Waals surface area contributed by atoms with Gasteiger partial charge >= 0.3 is 0 Å². The maximum absolute atomic E-state index is 13.6. The number of amides is 1. The Morgan fingerprint density at radius 2 is 1.82 bits per heavy atom. The summed E-state index contributed by atoms with van der Waals surface area (Å²) >= 11 is 6.92. The number of pyridine rings is 1. The maximum Gasteiger partial charge on any atom is 0.267 e. The molecule has 174 valence electrons. The van der Waals surface area contributed by atoms with Crippen molar-refractivity contribution in [2.75, 3.05) is 18.0 Å². The van der Waals surface area contributed by atoms with Crippen LogP contribution in [0.4, 0.5) is 5.82 Å². The van der Waals surface area contributed by atoms with Gasteiger partial charge in [-0.3, -0.25) is 18.9 Å². The average Bonchev–Trinajstić information content (AvgIpc) is 3.08. The summed E-state index contributed by atoms with van der Waals surface area (Å²) in [6.07, 6.45) is 10.1. The summed E-state index contributed by atoms with van der Waals surface area (Å²) in [7, 11) is 0. The number of anilines is 1. The van der Waals surface area contributed by atoms with Crippen LogP contribution in [0.15, 0.2) is 34.1 Å². The molecule has 2 atom stereocenters. The highest BCUT2D eigenvalue weighted by Crippen LogP contribution is 2.38. The topological polar surface area (TPSA) is 57.9 Å². The molecule has 0 bridgehead atoms. The lowest BCUT2D eigenvalue weighted by molar-refractivity contribution is -0.124. The van der Waals surface area contributed by atoms with Crippen molar-refractivity contribution >= 4 is 51.7 Å². The van der Waals surface area contributed by atoms with Gasteiger partial charge in [-0.15, -0.1) is 0 Å². The zero-order valence-corrected chi connectivity index (χ0v) is 20.8. The van der Waals surface area contributed by atoms with Gasteiger partial charge in [-0.2, -0.15) is 0 Å². The Hall–Kier alpha value is -2.19. The van der Waals surface area contributed by atoms with Gasteiger partial charge in [0.1, 0.15) is 15.8 Å². The molecule has 0 spiro atoms. The van der Waals surface area contributed by atoms with Crippen molar-refractivity contribution in [3.8, 4) is 0 Å². The maximum atomic E-state index is 13.6. The molecule has 3 fully saturated rings. The van der Waals surface area contributed by atoms with Crippen LogP contribution in [0.5, 0.6) is 0 Å². The third-order valence-corrected chi connectivity index (χ3v) is 8.29. The molecular formula is C25H30N4O2S2. The van der Waals surface area contributed by atoms with Gasteiger partial charge in [0.2, 0.25) is 0 Å². The quantitative estimate of drug-likeness (QED) is 0.466. The smallest absolute Gasteiger partial charge is 0.267 e. The van der Waals surface area contributed by atoms with Crippen molar-refractivity contribution in [2.24, 2.45) is 11.8 Å². The number of thioether (sulfide) groups is 1. The monoisotopic (exact) mass is 482 g/mol. The Kier molecular flexibility index (Phi) is 6.31. The van der Waals surface area contributed by atoms with Gasteiger partial charge < -0.3 is 4.90 Å². The van der Waals surface area contributed by atoms with Gasteiger partial charge in [0.05, 0.1) is 10.5 Å². The fourth-order valence-corrected chi connectivity index (χ4v) is 6.94. The molecule has 2 saturated heterocycles. The second-order valence-electron chi connectivity index (χ2n) is 9.78. The van der Waals surface area contributed by atoms with Crippen molar-refractivity contribution < 1.29 is 4.79 Å². The van der Waals surface area contributed by atoms with Crippen molar-refractivity contribution in [1.29, 1.82) is 0 Å². The number of thiocarbonyl (C=S) groups is 1. The molecule has 3 aliphatic rings. The fraction of sp³-hybridized carbons (Fsp3) is 0.520. The Labute approximate surface area is 204 Å². The lowest BCUT2D eigenvalue weighted by atomic mass is 9.91. The molecule has 33 heavy (non-hydrogen) atoms. The van der Waals surface area contributed by atoms with Gasteiger partial charge in [-0.1, -0.05) is 63.2 Å². The summed E-state index contributed by atoms with van der Waals surface area (Å²) in [5.74, 6) is 1.64. The van der Waals surface area contributed by atoms with E-state index in [1.807, 2.05) is 18.2 Å². The second-order valence-corrected chi connectivity index (χ2v) is 11.5. The summed E-state index contributed by atoms with van der Waals surface area (Å²) in [5.41, 5.74) is 0.948.